The second kappa shape index (κ2) is 5.29. The number of hydrogen-bond donors (Lipinski definition) is 2. The van der Waals surface area contributed by atoms with Crippen LogP contribution in [0.1, 0.15) is 18.0 Å². The molecule has 3 nitrogen and oxygen atoms in total. The lowest BCUT2D eigenvalue weighted by molar-refractivity contribution is 0.305. The largest absolute Gasteiger partial charge is 0.508 e. The van der Waals surface area contributed by atoms with Crippen LogP contribution < -0.4 is 5.73 Å². The summed E-state index contributed by atoms with van der Waals surface area (Å²) in [4.78, 5) is 3.38. The van der Waals surface area contributed by atoms with Crippen LogP contribution in [0.15, 0.2) is 23.1 Å². The molecule has 0 bridgehead atoms. The summed E-state index contributed by atoms with van der Waals surface area (Å²) in [5.74, 6) is 0.955. The van der Waals surface area contributed by atoms with Crippen LogP contribution in [0.3, 0.4) is 0 Å². The van der Waals surface area contributed by atoms with Crippen molar-refractivity contribution in [1.82, 2.24) is 4.90 Å². The molecule has 1 aromatic rings. The summed E-state index contributed by atoms with van der Waals surface area (Å²) >= 11 is 1.65. The Morgan fingerprint density at radius 2 is 2.29 bits per heavy atom. The van der Waals surface area contributed by atoms with Gasteiger partial charge in [0.2, 0.25) is 0 Å². The Hall–Kier alpha value is -0.710. The normalized spacial score (nSPS) is 25.4. The molecule has 2 rings (SSSR count). The van der Waals surface area contributed by atoms with Crippen LogP contribution >= 0.6 is 11.8 Å². The highest BCUT2D eigenvalue weighted by molar-refractivity contribution is 7.98. The van der Waals surface area contributed by atoms with E-state index in [4.69, 9.17) is 5.73 Å². The minimum Gasteiger partial charge on any atom is -0.508 e. The topological polar surface area (TPSA) is 49.5 Å². The van der Waals surface area contributed by atoms with Gasteiger partial charge in [0.1, 0.15) is 5.75 Å². The van der Waals surface area contributed by atoms with Gasteiger partial charge in [-0.05, 0) is 44.3 Å². The number of aromatic hydroxyl groups is 1. The summed E-state index contributed by atoms with van der Waals surface area (Å²) in [6.07, 6.45) is 3.06. The van der Waals surface area contributed by atoms with Gasteiger partial charge in [-0.3, -0.25) is 4.90 Å². The fourth-order valence-corrected chi connectivity index (χ4v) is 3.01. The lowest BCUT2D eigenvalue weighted by Gasteiger charge is -2.20. The van der Waals surface area contributed by atoms with Gasteiger partial charge in [0.25, 0.3) is 0 Å². The van der Waals surface area contributed by atoms with E-state index in [1.54, 1.807) is 11.8 Å². The first-order valence-corrected chi connectivity index (χ1v) is 7.15. The van der Waals surface area contributed by atoms with Crippen molar-refractivity contribution < 1.29 is 5.11 Å². The Morgan fingerprint density at radius 1 is 1.53 bits per heavy atom. The summed E-state index contributed by atoms with van der Waals surface area (Å²) in [7, 11) is 2.10. The van der Waals surface area contributed by atoms with Gasteiger partial charge in [0.05, 0.1) is 0 Å². The fraction of sp³-hybridized carbons (Fsp3) is 0.538. The highest BCUT2D eigenvalue weighted by atomic mass is 32.2. The third kappa shape index (κ3) is 2.59. The van der Waals surface area contributed by atoms with Crippen LogP contribution in [0.2, 0.25) is 0 Å². The molecule has 0 radical (unpaired) electrons. The zero-order valence-corrected chi connectivity index (χ0v) is 11.2. The zero-order chi connectivity index (χ0) is 12.4. The van der Waals surface area contributed by atoms with E-state index in [1.165, 1.54) is 0 Å². The van der Waals surface area contributed by atoms with Crippen LogP contribution in [0, 0.1) is 5.92 Å². The molecular formula is C13H20N2OS. The number of rotatable bonds is 3. The first-order valence-electron chi connectivity index (χ1n) is 5.93. The molecule has 2 atom stereocenters. The lowest BCUT2D eigenvalue weighted by atomic mass is 9.99. The van der Waals surface area contributed by atoms with Gasteiger partial charge in [-0.25, -0.2) is 0 Å². The van der Waals surface area contributed by atoms with Crippen molar-refractivity contribution in [1.29, 1.82) is 0 Å². The summed E-state index contributed by atoms with van der Waals surface area (Å²) in [5.41, 5.74) is 6.76. The van der Waals surface area contributed by atoms with Crippen LogP contribution in [0.4, 0.5) is 0 Å². The molecule has 1 heterocycles. The smallest absolute Gasteiger partial charge is 0.121 e. The summed E-state index contributed by atoms with van der Waals surface area (Å²) in [6, 6.07) is 6.27. The molecule has 0 aliphatic carbocycles. The highest BCUT2D eigenvalue weighted by Crippen LogP contribution is 2.38. The van der Waals surface area contributed by atoms with Gasteiger partial charge in [-0.15, -0.1) is 11.8 Å². The minimum absolute atomic E-state index is 0.305. The first kappa shape index (κ1) is 12.7. The Kier molecular flexibility index (Phi) is 3.97. The van der Waals surface area contributed by atoms with Gasteiger partial charge in [0, 0.05) is 23.0 Å². The number of phenols is 1. The van der Waals surface area contributed by atoms with Gasteiger partial charge in [0.15, 0.2) is 0 Å². The van der Waals surface area contributed by atoms with Crippen molar-refractivity contribution in [2.75, 3.05) is 26.4 Å². The second-order valence-corrected chi connectivity index (χ2v) is 5.60. The van der Waals surface area contributed by atoms with E-state index in [1.807, 2.05) is 18.4 Å². The van der Waals surface area contributed by atoms with Crippen molar-refractivity contribution in [3.05, 3.63) is 23.8 Å². The molecule has 1 aromatic carbocycles. The Labute approximate surface area is 107 Å². The average molecular weight is 252 g/mol. The number of benzene rings is 1. The van der Waals surface area contributed by atoms with Crippen LogP contribution in [0.5, 0.6) is 5.75 Å². The Balaban J connectivity index is 2.22. The first-order chi connectivity index (χ1) is 8.15. The third-order valence-corrected chi connectivity index (χ3v) is 4.29. The van der Waals surface area contributed by atoms with Crippen molar-refractivity contribution in [3.63, 3.8) is 0 Å². The average Bonchev–Trinajstić information content (AvgIpc) is 2.70. The summed E-state index contributed by atoms with van der Waals surface area (Å²) < 4.78 is 0. The molecule has 1 aliphatic heterocycles. The van der Waals surface area contributed by atoms with Crippen molar-refractivity contribution in [2.24, 2.45) is 11.7 Å². The number of likely N-dealkylation sites (tertiary alicyclic amines) is 1. The SMILES string of the molecule is CSc1ccc(C2CC(CN)CN2C)c(O)c1. The van der Waals surface area contributed by atoms with E-state index in [-0.39, 0.29) is 0 Å². The Bertz CT molecular complexity index is 397. The molecular weight excluding hydrogens is 232 g/mol. The van der Waals surface area contributed by atoms with Gasteiger partial charge < -0.3 is 10.8 Å². The van der Waals surface area contributed by atoms with E-state index in [2.05, 4.69) is 18.0 Å². The van der Waals surface area contributed by atoms with Gasteiger partial charge in [-0.2, -0.15) is 0 Å². The maximum Gasteiger partial charge on any atom is 0.121 e. The maximum absolute atomic E-state index is 10.1. The summed E-state index contributed by atoms with van der Waals surface area (Å²) in [6.45, 7) is 1.75. The van der Waals surface area contributed by atoms with Crippen LogP contribution in [-0.2, 0) is 0 Å². The molecule has 1 saturated heterocycles. The highest BCUT2D eigenvalue weighted by Gasteiger charge is 2.31. The third-order valence-electron chi connectivity index (χ3n) is 3.56. The monoisotopic (exact) mass is 252 g/mol. The molecule has 0 amide bonds. The van der Waals surface area contributed by atoms with E-state index < -0.39 is 0 Å². The molecule has 1 fully saturated rings. The molecule has 2 unspecified atom stereocenters. The second-order valence-electron chi connectivity index (χ2n) is 4.72. The molecule has 0 aromatic heterocycles. The fourth-order valence-electron chi connectivity index (χ4n) is 2.57. The number of thioether (sulfide) groups is 1. The lowest BCUT2D eigenvalue weighted by Crippen LogP contribution is -2.20. The van der Waals surface area contributed by atoms with Crippen molar-refractivity contribution in [3.8, 4) is 5.75 Å². The molecule has 4 heteroatoms. The number of hydrogen-bond acceptors (Lipinski definition) is 4. The predicted molar refractivity (Wildman–Crippen MR) is 72.4 cm³/mol. The molecule has 0 spiro atoms. The molecule has 3 N–H and O–H groups in total. The van der Waals surface area contributed by atoms with Crippen molar-refractivity contribution in [2.45, 2.75) is 17.4 Å². The zero-order valence-electron chi connectivity index (χ0n) is 10.4. The molecule has 94 valence electrons. The molecule has 0 saturated carbocycles. The predicted octanol–water partition coefficient (Wildman–Crippen LogP) is 2.07. The molecule has 17 heavy (non-hydrogen) atoms. The minimum atomic E-state index is 0.305. The quantitative estimate of drug-likeness (QED) is 0.809. The van der Waals surface area contributed by atoms with Gasteiger partial charge >= 0.3 is 0 Å². The number of phenolic OH excluding ortho intramolecular Hbond substituents is 1. The maximum atomic E-state index is 10.1. The van der Waals surface area contributed by atoms with Crippen LogP contribution in [0.25, 0.3) is 0 Å². The van der Waals surface area contributed by atoms with Gasteiger partial charge in [-0.1, -0.05) is 6.07 Å². The van der Waals surface area contributed by atoms with E-state index in [0.29, 0.717) is 17.7 Å². The van der Waals surface area contributed by atoms with E-state index in [0.717, 1.165) is 30.0 Å². The molecule has 1 aliphatic rings. The summed E-state index contributed by atoms with van der Waals surface area (Å²) in [5, 5.41) is 10.1. The van der Waals surface area contributed by atoms with Crippen molar-refractivity contribution >= 4 is 11.8 Å². The standard InChI is InChI=1S/C13H20N2OS/c1-15-8-9(7-14)5-12(15)11-4-3-10(17-2)6-13(11)16/h3-4,6,9,12,16H,5,7-8,14H2,1-2H3. The Morgan fingerprint density at radius 3 is 2.82 bits per heavy atom. The van der Waals surface area contributed by atoms with E-state index >= 15 is 0 Å². The van der Waals surface area contributed by atoms with Crippen LogP contribution in [-0.4, -0.2) is 36.4 Å². The number of nitrogens with two attached hydrogens (primary N) is 1. The number of nitrogens with zero attached hydrogens (tertiary/aromatic N) is 1. The van der Waals surface area contributed by atoms with E-state index in [9.17, 15) is 5.11 Å².